The van der Waals surface area contributed by atoms with Crippen LogP contribution in [0, 0.1) is 0 Å². The summed E-state index contributed by atoms with van der Waals surface area (Å²) in [5.74, 6) is 0.404. The van der Waals surface area contributed by atoms with Crippen LogP contribution in [0.2, 0.25) is 0 Å². The van der Waals surface area contributed by atoms with Crippen LogP contribution in [0.15, 0.2) is 18.5 Å². The molecular formula is C9H12N2O2. The first-order chi connectivity index (χ1) is 6.02. The highest BCUT2D eigenvalue weighted by molar-refractivity contribution is 5.13. The molecule has 0 radical (unpaired) electrons. The van der Waals surface area contributed by atoms with Crippen LogP contribution in [0.5, 0.6) is 0 Å². The molecule has 2 N–H and O–H groups in total. The van der Waals surface area contributed by atoms with Crippen molar-refractivity contribution in [1.29, 1.82) is 0 Å². The van der Waals surface area contributed by atoms with Crippen LogP contribution in [-0.2, 0) is 5.60 Å². The molecule has 4 heteroatoms. The molecule has 0 bridgehead atoms. The van der Waals surface area contributed by atoms with Crippen molar-refractivity contribution in [1.82, 2.24) is 9.97 Å². The van der Waals surface area contributed by atoms with Gasteiger partial charge in [0.15, 0.2) is 5.82 Å². The van der Waals surface area contributed by atoms with Gasteiger partial charge in [0.1, 0.15) is 5.60 Å². The van der Waals surface area contributed by atoms with Crippen molar-refractivity contribution in [3.05, 3.63) is 24.3 Å². The molecular weight excluding hydrogens is 168 g/mol. The summed E-state index contributed by atoms with van der Waals surface area (Å²) in [6.45, 7) is 1.70. The van der Waals surface area contributed by atoms with E-state index in [1.807, 2.05) is 0 Å². The number of nitrogens with zero attached hydrogens (tertiary/aromatic N) is 2. The molecule has 1 fully saturated rings. The van der Waals surface area contributed by atoms with Crippen molar-refractivity contribution in [2.45, 2.75) is 31.0 Å². The number of rotatable bonds is 1. The molecule has 0 saturated heterocycles. The van der Waals surface area contributed by atoms with Crippen molar-refractivity contribution in [2.75, 3.05) is 0 Å². The molecule has 0 aromatic carbocycles. The fourth-order valence-electron chi connectivity index (χ4n) is 1.91. The Labute approximate surface area is 76.3 Å². The Morgan fingerprint density at radius 1 is 1.23 bits per heavy atom. The van der Waals surface area contributed by atoms with Crippen molar-refractivity contribution < 1.29 is 10.2 Å². The third-order valence-electron chi connectivity index (χ3n) is 2.33. The van der Waals surface area contributed by atoms with E-state index in [-0.39, 0.29) is 0 Å². The zero-order valence-electron chi connectivity index (χ0n) is 7.44. The van der Waals surface area contributed by atoms with E-state index in [4.69, 9.17) is 0 Å². The van der Waals surface area contributed by atoms with Crippen LogP contribution in [0.1, 0.15) is 25.6 Å². The predicted molar refractivity (Wildman–Crippen MR) is 45.8 cm³/mol. The number of aliphatic hydroxyl groups is 2. The van der Waals surface area contributed by atoms with Gasteiger partial charge in [-0.15, -0.1) is 0 Å². The maximum atomic E-state index is 9.93. The second-order valence-corrected chi connectivity index (χ2v) is 3.95. The third kappa shape index (κ3) is 1.43. The second kappa shape index (κ2) is 2.49. The Morgan fingerprint density at radius 3 is 2.23 bits per heavy atom. The van der Waals surface area contributed by atoms with Crippen LogP contribution in [0.25, 0.3) is 0 Å². The van der Waals surface area contributed by atoms with Gasteiger partial charge in [-0.05, 0) is 13.0 Å². The van der Waals surface area contributed by atoms with Gasteiger partial charge >= 0.3 is 0 Å². The predicted octanol–water partition coefficient (Wildman–Crippen LogP) is 0.209. The molecule has 13 heavy (non-hydrogen) atoms. The minimum absolute atomic E-state index is 0.310. The first kappa shape index (κ1) is 8.59. The van der Waals surface area contributed by atoms with Gasteiger partial charge in [-0.25, -0.2) is 9.97 Å². The summed E-state index contributed by atoms with van der Waals surface area (Å²) in [6.07, 6.45) is 3.80. The van der Waals surface area contributed by atoms with E-state index in [0.29, 0.717) is 18.7 Å². The summed E-state index contributed by atoms with van der Waals surface area (Å²) in [5, 5.41) is 19.4. The second-order valence-electron chi connectivity index (χ2n) is 3.95. The highest BCUT2D eigenvalue weighted by Crippen LogP contribution is 2.46. The molecule has 1 heterocycles. The molecule has 1 aliphatic carbocycles. The van der Waals surface area contributed by atoms with Crippen LogP contribution < -0.4 is 0 Å². The zero-order chi connectivity index (χ0) is 9.53. The van der Waals surface area contributed by atoms with E-state index in [1.165, 1.54) is 0 Å². The quantitative estimate of drug-likeness (QED) is 0.648. The Bertz CT molecular complexity index is 303. The van der Waals surface area contributed by atoms with E-state index in [9.17, 15) is 10.2 Å². The Kier molecular flexibility index (Phi) is 1.65. The monoisotopic (exact) mass is 180 g/mol. The Morgan fingerprint density at radius 2 is 1.77 bits per heavy atom. The van der Waals surface area contributed by atoms with Crippen molar-refractivity contribution in [2.24, 2.45) is 0 Å². The fourth-order valence-corrected chi connectivity index (χ4v) is 1.91. The average molecular weight is 180 g/mol. The summed E-state index contributed by atoms with van der Waals surface area (Å²) in [4.78, 5) is 7.93. The van der Waals surface area contributed by atoms with Gasteiger partial charge in [-0.3, -0.25) is 0 Å². The number of aromatic nitrogens is 2. The lowest BCUT2D eigenvalue weighted by molar-refractivity contribution is -0.180. The molecule has 1 aromatic rings. The molecule has 0 spiro atoms. The molecule has 1 aromatic heterocycles. The third-order valence-corrected chi connectivity index (χ3v) is 2.33. The molecule has 0 unspecified atom stereocenters. The largest absolute Gasteiger partial charge is 0.390 e. The first-order valence-electron chi connectivity index (χ1n) is 4.24. The molecule has 70 valence electrons. The summed E-state index contributed by atoms with van der Waals surface area (Å²) in [7, 11) is 0. The summed E-state index contributed by atoms with van der Waals surface area (Å²) in [6, 6.07) is 1.70. The summed E-state index contributed by atoms with van der Waals surface area (Å²) < 4.78 is 0. The minimum atomic E-state index is -1.02. The minimum Gasteiger partial charge on any atom is -0.390 e. The van der Waals surface area contributed by atoms with Crippen LogP contribution in [0.3, 0.4) is 0 Å². The van der Waals surface area contributed by atoms with E-state index in [1.54, 1.807) is 25.4 Å². The fraction of sp³-hybridized carbons (Fsp3) is 0.556. The van der Waals surface area contributed by atoms with Crippen LogP contribution in [-0.4, -0.2) is 25.8 Å². The van der Waals surface area contributed by atoms with E-state index in [2.05, 4.69) is 9.97 Å². The molecule has 1 aliphatic rings. The molecule has 4 nitrogen and oxygen atoms in total. The smallest absolute Gasteiger partial charge is 0.160 e. The molecule has 0 atom stereocenters. The van der Waals surface area contributed by atoms with Gasteiger partial charge in [-0.1, -0.05) is 0 Å². The molecule has 0 amide bonds. The van der Waals surface area contributed by atoms with Crippen LogP contribution in [0.4, 0.5) is 0 Å². The van der Waals surface area contributed by atoms with Gasteiger partial charge in [-0.2, -0.15) is 0 Å². The number of hydrogen-bond acceptors (Lipinski definition) is 4. The van der Waals surface area contributed by atoms with Gasteiger partial charge in [0, 0.05) is 25.2 Å². The van der Waals surface area contributed by atoms with Gasteiger partial charge < -0.3 is 10.2 Å². The van der Waals surface area contributed by atoms with E-state index in [0.717, 1.165) is 0 Å². The Balaban J connectivity index is 2.21. The van der Waals surface area contributed by atoms with Crippen LogP contribution >= 0.6 is 0 Å². The van der Waals surface area contributed by atoms with E-state index < -0.39 is 11.2 Å². The van der Waals surface area contributed by atoms with Gasteiger partial charge in [0.25, 0.3) is 0 Å². The van der Waals surface area contributed by atoms with Crippen molar-refractivity contribution in [3.8, 4) is 0 Å². The maximum Gasteiger partial charge on any atom is 0.160 e. The molecule has 0 aliphatic heterocycles. The van der Waals surface area contributed by atoms with Crippen molar-refractivity contribution >= 4 is 0 Å². The SMILES string of the molecule is C[C@]1(O)C[C@@](O)(c2ncccn2)C1. The standard InChI is InChI=1S/C9H12N2O2/c1-8(12)5-9(13,6-8)7-10-3-2-4-11-7/h2-4,12-13H,5-6H2,1H3/t8-,9-. The topological polar surface area (TPSA) is 66.2 Å². The molecule has 2 rings (SSSR count). The zero-order valence-corrected chi connectivity index (χ0v) is 7.44. The Hall–Kier alpha value is -1.00. The summed E-state index contributed by atoms with van der Waals surface area (Å²) in [5.41, 5.74) is -1.79. The average Bonchev–Trinajstić information content (AvgIpc) is 2.02. The highest BCUT2D eigenvalue weighted by atomic mass is 16.3. The lowest BCUT2D eigenvalue weighted by atomic mass is 9.68. The lowest BCUT2D eigenvalue weighted by Crippen LogP contribution is -2.53. The number of hydrogen-bond donors (Lipinski definition) is 2. The van der Waals surface area contributed by atoms with Gasteiger partial charge in [0.2, 0.25) is 0 Å². The lowest BCUT2D eigenvalue weighted by Gasteiger charge is -2.46. The van der Waals surface area contributed by atoms with Gasteiger partial charge in [0.05, 0.1) is 5.60 Å². The first-order valence-corrected chi connectivity index (χ1v) is 4.24. The maximum absolute atomic E-state index is 9.93. The van der Waals surface area contributed by atoms with Crippen molar-refractivity contribution in [3.63, 3.8) is 0 Å². The molecule has 1 saturated carbocycles. The highest BCUT2D eigenvalue weighted by Gasteiger charge is 2.52. The van der Waals surface area contributed by atoms with E-state index >= 15 is 0 Å². The summed E-state index contributed by atoms with van der Waals surface area (Å²) >= 11 is 0. The normalized spacial score (nSPS) is 38.4.